The second kappa shape index (κ2) is 7.67. The van der Waals surface area contributed by atoms with Gasteiger partial charge in [0.05, 0.1) is 13.7 Å². The van der Waals surface area contributed by atoms with E-state index in [2.05, 4.69) is 10.3 Å². The molecule has 0 unspecified atom stereocenters. The number of aliphatic hydroxyl groups is 1. The van der Waals surface area contributed by atoms with E-state index in [9.17, 15) is 9.59 Å². The topological polar surface area (TPSA) is 103 Å². The zero-order chi connectivity index (χ0) is 19.6. The predicted molar refractivity (Wildman–Crippen MR) is 102 cm³/mol. The molecule has 3 aromatic rings. The van der Waals surface area contributed by atoms with Crippen LogP contribution in [0, 0.1) is 0 Å². The molecule has 144 valence electrons. The van der Waals surface area contributed by atoms with Gasteiger partial charge in [-0.05, 0) is 24.1 Å². The molecule has 0 aliphatic heterocycles. The first-order valence-corrected chi connectivity index (χ1v) is 8.61. The lowest BCUT2D eigenvalue weighted by Crippen LogP contribution is -2.37. The van der Waals surface area contributed by atoms with Gasteiger partial charge in [0.2, 0.25) is 5.95 Å². The van der Waals surface area contributed by atoms with E-state index in [1.807, 2.05) is 24.3 Å². The molecule has 0 aliphatic rings. The number of nitrogens with zero attached hydrogens (tertiary/aromatic N) is 4. The van der Waals surface area contributed by atoms with E-state index in [4.69, 9.17) is 9.84 Å². The second-order valence-electron chi connectivity index (χ2n) is 6.22. The van der Waals surface area contributed by atoms with Crippen molar-refractivity contribution in [3.05, 3.63) is 50.7 Å². The Bertz CT molecular complexity index is 1080. The van der Waals surface area contributed by atoms with Crippen LogP contribution in [0.2, 0.25) is 0 Å². The maximum absolute atomic E-state index is 12.7. The van der Waals surface area contributed by atoms with Gasteiger partial charge in [0.25, 0.3) is 5.56 Å². The largest absolute Gasteiger partial charge is 0.497 e. The van der Waals surface area contributed by atoms with Crippen LogP contribution in [0.25, 0.3) is 11.2 Å². The minimum atomic E-state index is -0.432. The average molecular weight is 373 g/mol. The van der Waals surface area contributed by atoms with E-state index in [-0.39, 0.29) is 13.2 Å². The number of benzene rings is 1. The molecule has 0 atom stereocenters. The van der Waals surface area contributed by atoms with Crippen LogP contribution in [0.5, 0.6) is 5.75 Å². The van der Waals surface area contributed by atoms with Gasteiger partial charge in [-0.1, -0.05) is 12.1 Å². The van der Waals surface area contributed by atoms with Gasteiger partial charge in [0.15, 0.2) is 11.2 Å². The minimum absolute atomic E-state index is 0.0734. The van der Waals surface area contributed by atoms with Crippen LogP contribution < -0.4 is 21.3 Å². The van der Waals surface area contributed by atoms with E-state index >= 15 is 0 Å². The van der Waals surface area contributed by atoms with Gasteiger partial charge in [0.1, 0.15) is 5.75 Å². The number of aromatic nitrogens is 4. The monoisotopic (exact) mass is 373 g/mol. The molecule has 9 heteroatoms. The zero-order valence-corrected chi connectivity index (χ0v) is 15.6. The summed E-state index contributed by atoms with van der Waals surface area (Å²) < 4.78 is 9.43. The molecular formula is C18H23N5O4. The maximum Gasteiger partial charge on any atom is 0.332 e. The standard InChI is InChI=1S/C18H23N5O4/c1-21-15-14(16(25)22(2)18(21)26)23(17(20-15)19-8-10-24)9-7-12-5-4-6-13(11-12)27-3/h4-6,11,24H,7-10H2,1-3H3,(H,19,20). The summed E-state index contributed by atoms with van der Waals surface area (Å²) in [6.07, 6.45) is 0.641. The molecule has 9 nitrogen and oxygen atoms in total. The van der Waals surface area contributed by atoms with Crippen molar-refractivity contribution in [1.82, 2.24) is 18.7 Å². The van der Waals surface area contributed by atoms with Gasteiger partial charge in [-0.25, -0.2) is 4.79 Å². The summed E-state index contributed by atoms with van der Waals surface area (Å²) in [5.74, 6) is 1.21. The van der Waals surface area contributed by atoms with Gasteiger partial charge in [-0.3, -0.25) is 13.9 Å². The Kier molecular flexibility index (Phi) is 5.31. The highest BCUT2D eigenvalue weighted by molar-refractivity contribution is 5.74. The number of nitrogens with one attached hydrogen (secondary N) is 1. The van der Waals surface area contributed by atoms with Crippen molar-refractivity contribution in [3.8, 4) is 5.75 Å². The summed E-state index contributed by atoms with van der Waals surface area (Å²) in [6, 6.07) is 7.70. The molecule has 0 bridgehead atoms. The Morgan fingerprint density at radius 3 is 2.70 bits per heavy atom. The molecule has 0 saturated heterocycles. The van der Waals surface area contributed by atoms with Crippen molar-refractivity contribution in [1.29, 1.82) is 0 Å². The number of fused-ring (bicyclic) bond motifs is 1. The molecule has 3 rings (SSSR count). The van der Waals surface area contributed by atoms with Crippen LogP contribution in [0.3, 0.4) is 0 Å². The Morgan fingerprint density at radius 1 is 1.22 bits per heavy atom. The number of ether oxygens (including phenoxy) is 1. The third kappa shape index (κ3) is 3.45. The smallest absolute Gasteiger partial charge is 0.332 e. The Balaban J connectivity index is 2.08. The first-order valence-electron chi connectivity index (χ1n) is 8.61. The summed E-state index contributed by atoms with van der Waals surface area (Å²) in [7, 11) is 4.65. The molecule has 0 saturated carbocycles. The van der Waals surface area contributed by atoms with Gasteiger partial charge >= 0.3 is 5.69 Å². The lowest BCUT2D eigenvalue weighted by Gasteiger charge is -2.11. The van der Waals surface area contributed by atoms with Gasteiger partial charge in [-0.2, -0.15) is 4.98 Å². The van der Waals surface area contributed by atoms with Gasteiger partial charge in [0, 0.05) is 27.2 Å². The Morgan fingerprint density at radius 2 is 2.00 bits per heavy atom. The number of aliphatic hydroxyl groups excluding tert-OH is 1. The fraction of sp³-hybridized carbons (Fsp3) is 0.389. The van der Waals surface area contributed by atoms with Gasteiger partial charge < -0.3 is 19.7 Å². The number of anilines is 1. The molecule has 27 heavy (non-hydrogen) atoms. The molecular weight excluding hydrogens is 350 g/mol. The fourth-order valence-corrected chi connectivity index (χ4v) is 3.04. The molecule has 0 aliphatic carbocycles. The second-order valence-corrected chi connectivity index (χ2v) is 6.22. The van der Waals surface area contributed by atoms with Crippen LogP contribution >= 0.6 is 0 Å². The molecule has 0 fully saturated rings. The van der Waals surface area contributed by atoms with Crippen LogP contribution in [0.1, 0.15) is 5.56 Å². The van der Waals surface area contributed by atoms with E-state index in [1.54, 1.807) is 18.7 Å². The minimum Gasteiger partial charge on any atom is -0.497 e. The highest BCUT2D eigenvalue weighted by Gasteiger charge is 2.18. The van der Waals surface area contributed by atoms with E-state index in [1.165, 1.54) is 11.6 Å². The van der Waals surface area contributed by atoms with Crippen LogP contribution in [-0.4, -0.2) is 44.1 Å². The number of rotatable bonds is 7. The molecule has 2 heterocycles. The van der Waals surface area contributed by atoms with Gasteiger partial charge in [-0.15, -0.1) is 0 Å². The Labute approximate surface area is 155 Å². The summed E-state index contributed by atoms with van der Waals surface area (Å²) in [5, 5.41) is 12.1. The Hall–Kier alpha value is -3.07. The third-order valence-corrected chi connectivity index (χ3v) is 4.50. The van der Waals surface area contributed by atoms with Crippen molar-refractivity contribution in [2.75, 3.05) is 25.6 Å². The number of hydrogen-bond donors (Lipinski definition) is 2. The maximum atomic E-state index is 12.7. The SMILES string of the molecule is COc1cccc(CCn2c(NCCO)nc3c2c(=O)n(C)c(=O)n3C)c1. The first kappa shape index (κ1) is 18.7. The van der Waals surface area contributed by atoms with Crippen molar-refractivity contribution < 1.29 is 9.84 Å². The summed E-state index contributed by atoms with van der Waals surface area (Å²) >= 11 is 0. The van der Waals surface area contributed by atoms with Crippen LogP contribution in [0.4, 0.5) is 5.95 Å². The number of methoxy groups -OCH3 is 1. The molecule has 0 amide bonds. The normalized spacial score (nSPS) is 11.1. The summed E-state index contributed by atoms with van der Waals surface area (Å²) in [5.41, 5.74) is 0.880. The van der Waals surface area contributed by atoms with Crippen molar-refractivity contribution in [2.24, 2.45) is 14.1 Å². The molecule has 0 spiro atoms. The number of hydrogen-bond acceptors (Lipinski definition) is 6. The van der Waals surface area contributed by atoms with E-state index in [0.717, 1.165) is 15.9 Å². The lowest BCUT2D eigenvalue weighted by molar-refractivity contribution is 0.310. The summed E-state index contributed by atoms with van der Waals surface area (Å²) in [6.45, 7) is 0.692. The summed E-state index contributed by atoms with van der Waals surface area (Å²) in [4.78, 5) is 29.3. The molecule has 2 N–H and O–H groups in total. The van der Waals surface area contributed by atoms with E-state index < -0.39 is 11.2 Å². The lowest BCUT2D eigenvalue weighted by atomic mass is 10.1. The van der Waals surface area contributed by atoms with Crippen LogP contribution in [-0.2, 0) is 27.1 Å². The van der Waals surface area contributed by atoms with E-state index in [0.29, 0.717) is 30.1 Å². The highest BCUT2D eigenvalue weighted by atomic mass is 16.5. The van der Waals surface area contributed by atoms with Crippen molar-refractivity contribution in [3.63, 3.8) is 0 Å². The van der Waals surface area contributed by atoms with Crippen molar-refractivity contribution >= 4 is 17.1 Å². The molecule has 2 aromatic heterocycles. The fourth-order valence-electron chi connectivity index (χ4n) is 3.04. The quantitative estimate of drug-likeness (QED) is 0.608. The molecule has 1 aromatic carbocycles. The molecule has 0 radical (unpaired) electrons. The first-order chi connectivity index (χ1) is 13.0. The number of imidazole rings is 1. The van der Waals surface area contributed by atoms with Crippen LogP contribution in [0.15, 0.2) is 33.9 Å². The zero-order valence-electron chi connectivity index (χ0n) is 15.6. The highest BCUT2D eigenvalue weighted by Crippen LogP contribution is 2.18. The predicted octanol–water partition coefficient (Wildman–Crippen LogP) is 0.0892. The van der Waals surface area contributed by atoms with Crippen molar-refractivity contribution in [2.45, 2.75) is 13.0 Å². The third-order valence-electron chi connectivity index (χ3n) is 4.50. The number of aryl methyl sites for hydroxylation is 3. The average Bonchev–Trinajstić information content (AvgIpc) is 3.06.